The summed E-state index contributed by atoms with van der Waals surface area (Å²) in [7, 11) is 1.83. The minimum Gasteiger partial charge on any atom is -0.373 e. The normalized spacial score (nSPS) is 10.5. The predicted octanol–water partition coefficient (Wildman–Crippen LogP) is 3.12. The lowest BCUT2D eigenvalue weighted by molar-refractivity contribution is 1.16. The van der Waals surface area contributed by atoms with Crippen LogP contribution in [0.1, 0.15) is 5.69 Å². The first-order valence-corrected chi connectivity index (χ1v) is 6.39. The maximum atomic E-state index is 4.59. The molecule has 0 radical (unpaired) electrons. The Balaban J connectivity index is 2.03. The number of rotatable bonds is 3. The summed E-state index contributed by atoms with van der Waals surface area (Å²) in [6.07, 6.45) is 1.53. The van der Waals surface area contributed by atoms with Crippen molar-refractivity contribution >= 4 is 28.2 Å². The van der Waals surface area contributed by atoms with E-state index in [0.717, 1.165) is 33.9 Å². The van der Waals surface area contributed by atoms with Crippen LogP contribution in [0.2, 0.25) is 0 Å². The van der Waals surface area contributed by atoms with Crippen molar-refractivity contribution in [3.05, 3.63) is 48.4 Å². The summed E-state index contributed by atoms with van der Waals surface area (Å²) in [5.74, 6) is 1.51. The topological polar surface area (TPSA) is 62.7 Å². The van der Waals surface area contributed by atoms with Crippen molar-refractivity contribution < 1.29 is 0 Å². The van der Waals surface area contributed by atoms with Crippen molar-refractivity contribution in [2.75, 3.05) is 17.7 Å². The molecule has 0 unspecified atom stereocenters. The molecule has 2 heterocycles. The summed E-state index contributed by atoms with van der Waals surface area (Å²) < 4.78 is 0. The van der Waals surface area contributed by atoms with Crippen LogP contribution < -0.4 is 10.6 Å². The fourth-order valence-corrected chi connectivity index (χ4v) is 2.05. The van der Waals surface area contributed by atoms with E-state index in [9.17, 15) is 0 Å². The van der Waals surface area contributed by atoms with Gasteiger partial charge in [0.1, 0.15) is 18.0 Å². The highest BCUT2D eigenvalue weighted by atomic mass is 15.1. The van der Waals surface area contributed by atoms with Gasteiger partial charge in [-0.15, -0.1) is 0 Å². The zero-order valence-electron chi connectivity index (χ0n) is 11.4. The van der Waals surface area contributed by atoms with Crippen molar-refractivity contribution in [2.24, 2.45) is 0 Å². The summed E-state index contributed by atoms with van der Waals surface area (Å²) in [6.45, 7) is 1.99. The van der Waals surface area contributed by atoms with Gasteiger partial charge >= 0.3 is 0 Å². The molecule has 5 nitrogen and oxygen atoms in total. The second-order valence-electron chi connectivity index (χ2n) is 4.49. The zero-order valence-corrected chi connectivity index (χ0v) is 11.4. The number of aryl methyl sites for hydroxylation is 1. The molecule has 2 N–H and O–H groups in total. The number of nitrogens with one attached hydrogen (secondary N) is 2. The van der Waals surface area contributed by atoms with E-state index in [1.165, 1.54) is 6.33 Å². The Morgan fingerprint density at radius 3 is 2.70 bits per heavy atom. The van der Waals surface area contributed by atoms with Crippen LogP contribution in [0.3, 0.4) is 0 Å². The van der Waals surface area contributed by atoms with Crippen molar-refractivity contribution in [2.45, 2.75) is 6.92 Å². The van der Waals surface area contributed by atoms with E-state index in [1.807, 2.05) is 44.3 Å². The summed E-state index contributed by atoms with van der Waals surface area (Å²) >= 11 is 0. The van der Waals surface area contributed by atoms with E-state index in [2.05, 4.69) is 31.7 Å². The van der Waals surface area contributed by atoms with Gasteiger partial charge in [-0.1, -0.05) is 18.2 Å². The number of hydrogen-bond acceptors (Lipinski definition) is 5. The molecule has 5 heteroatoms. The van der Waals surface area contributed by atoms with Gasteiger partial charge in [0.05, 0.1) is 11.2 Å². The van der Waals surface area contributed by atoms with Gasteiger partial charge in [0.15, 0.2) is 0 Å². The van der Waals surface area contributed by atoms with Gasteiger partial charge in [-0.3, -0.25) is 4.98 Å². The third kappa shape index (κ3) is 2.38. The molecule has 0 fully saturated rings. The van der Waals surface area contributed by atoms with Crippen molar-refractivity contribution in [1.82, 2.24) is 15.0 Å². The quantitative estimate of drug-likeness (QED) is 0.761. The molecular weight excluding hydrogens is 250 g/mol. The van der Waals surface area contributed by atoms with Gasteiger partial charge in [0.2, 0.25) is 0 Å². The van der Waals surface area contributed by atoms with Crippen LogP contribution in [0.4, 0.5) is 17.3 Å². The highest BCUT2D eigenvalue weighted by Crippen LogP contribution is 2.24. The lowest BCUT2D eigenvalue weighted by atomic mass is 10.1. The van der Waals surface area contributed by atoms with Crippen molar-refractivity contribution in [3.8, 4) is 0 Å². The molecule has 2 aromatic heterocycles. The molecule has 0 bridgehead atoms. The maximum Gasteiger partial charge on any atom is 0.135 e. The first-order valence-electron chi connectivity index (χ1n) is 6.39. The Labute approximate surface area is 117 Å². The molecule has 0 saturated carbocycles. The van der Waals surface area contributed by atoms with Gasteiger partial charge in [-0.25, -0.2) is 9.97 Å². The molecule has 0 saturated heterocycles. The number of benzene rings is 1. The average Bonchev–Trinajstić information content (AvgIpc) is 2.48. The zero-order chi connectivity index (χ0) is 13.9. The van der Waals surface area contributed by atoms with Gasteiger partial charge in [-0.2, -0.15) is 0 Å². The van der Waals surface area contributed by atoms with E-state index < -0.39 is 0 Å². The van der Waals surface area contributed by atoms with Gasteiger partial charge in [-0.05, 0) is 19.1 Å². The van der Waals surface area contributed by atoms with Crippen LogP contribution in [0.5, 0.6) is 0 Å². The lowest BCUT2D eigenvalue weighted by Gasteiger charge is -2.09. The smallest absolute Gasteiger partial charge is 0.135 e. The number of nitrogens with zero attached hydrogens (tertiary/aromatic N) is 3. The molecular formula is C15H15N5. The molecule has 1 aromatic carbocycles. The summed E-state index contributed by atoms with van der Waals surface area (Å²) in [5.41, 5.74) is 2.87. The van der Waals surface area contributed by atoms with Gasteiger partial charge in [0.25, 0.3) is 0 Å². The summed E-state index contributed by atoms with van der Waals surface area (Å²) in [6, 6.07) is 12.0. The summed E-state index contributed by atoms with van der Waals surface area (Å²) in [5, 5.41) is 7.39. The molecule has 3 aromatic rings. The molecule has 100 valence electrons. The van der Waals surface area contributed by atoms with E-state index >= 15 is 0 Å². The lowest BCUT2D eigenvalue weighted by Crippen LogP contribution is -1.99. The molecule has 0 aliphatic rings. The van der Waals surface area contributed by atoms with E-state index in [1.54, 1.807) is 0 Å². The first kappa shape index (κ1) is 12.3. The summed E-state index contributed by atoms with van der Waals surface area (Å²) in [4.78, 5) is 12.9. The molecule has 0 amide bonds. The highest BCUT2D eigenvalue weighted by Gasteiger charge is 2.04. The van der Waals surface area contributed by atoms with Crippen molar-refractivity contribution in [3.63, 3.8) is 0 Å². The van der Waals surface area contributed by atoms with E-state index in [4.69, 9.17) is 0 Å². The predicted molar refractivity (Wildman–Crippen MR) is 81.3 cm³/mol. The Morgan fingerprint density at radius 1 is 1.00 bits per heavy atom. The molecule has 0 aliphatic heterocycles. The second-order valence-corrected chi connectivity index (χ2v) is 4.49. The standard InChI is InChI=1S/C15H15N5/c1-10-6-7-11-4-3-5-12(15(11)19-10)20-14-8-13(16-2)17-9-18-14/h3-9H,1-2H3,(H2,16,17,18,20). The van der Waals surface area contributed by atoms with Gasteiger partial charge < -0.3 is 10.6 Å². The third-order valence-corrected chi connectivity index (χ3v) is 3.05. The maximum absolute atomic E-state index is 4.59. The van der Waals surface area contributed by atoms with E-state index in [-0.39, 0.29) is 0 Å². The molecule has 0 spiro atoms. The SMILES string of the molecule is CNc1cc(Nc2cccc3ccc(C)nc23)ncn1. The molecule has 20 heavy (non-hydrogen) atoms. The minimum absolute atomic E-state index is 0.736. The van der Waals surface area contributed by atoms with Gasteiger partial charge in [0, 0.05) is 24.2 Å². The fourth-order valence-electron chi connectivity index (χ4n) is 2.05. The van der Waals surface area contributed by atoms with Crippen LogP contribution in [0, 0.1) is 6.92 Å². The Kier molecular flexibility index (Phi) is 3.16. The average molecular weight is 265 g/mol. The van der Waals surface area contributed by atoms with Crippen LogP contribution in [-0.2, 0) is 0 Å². The molecule has 3 rings (SSSR count). The first-order chi connectivity index (χ1) is 9.76. The Hall–Kier alpha value is -2.69. The number of fused-ring (bicyclic) bond motifs is 1. The number of hydrogen-bond donors (Lipinski definition) is 2. The highest BCUT2D eigenvalue weighted by molar-refractivity contribution is 5.91. The third-order valence-electron chi connectivity index (χ3n) is 3.05. The van der Waals surface area contributed by atoms with Crippen LogP contribution in [0.15, 0.2) is 42.7 Å². The largest absolute Gasteiger partial charge is 0.373 e. The van der Waals surface area contributed by atoms with Crippen LogP contribution >= 0.6 is 0 Å². The van der Waals surface area contributed by atoms with E-state index in [0.29, 0.717) is 0 Å². The Morgan fingerprint density at radius 2 is 1.85 bits per heavy atom. The van der Waals surface area contributed by atoms with Crippen LogP contribution in [-0.4, -0.2) is 22.0 Å². The molecule has 0 atom stereocenters. The van der Waals surface area contributed by atoms with Crippen molar-refractivity contribution in [1.29, 1.82) is 0 Å². The monoisotopic (exact) mass is 265 g/mol. The molecule has 0 aliphatic carbocycles. The number of anilines is 3. The number of pyridine rings is 1. The second kappa shape index (κ2) is 5.13. The minimum atomic E-state index is 0.736. The number of para-hydroxylation sites is 1. The number of aromatic nitrogens is 3. The fraction of sp³-hybridized carbons (Fsp3) is 0.133. The van der Waals surface area contributed by atoms with Crippen LogP contribution in [0.25, 0.3) is 10.9 Å². The Bertz CT molecular complexity index is 754.